The first-order chi connectivity index (χ1) is 14.2. The van der Waals surface area contributed by atoms with Crippen LogP contribution < -0.4 is 10.2 Å². The maximum atomic E-state index is 12.4. The van der Waals surface area contributed by atoms with Gasteiger partial charge in [0.15, 0.2) is 0 Å². The summed E-state index contributed by atoms with van der Waals surface area (Å²) in [5.41, 5.74) is 2.92. The number of hydrogen-bond acceptors (Lipinski definition) is 5. The molecule has 1 aliphatic rings. The van der Waals surface area contributed by atoms with E-state index in [0.29, 0.717) is 13.1 Å². The number of nitrogens with zero attached hydrogens (tertiary/aromatic N) is 4. The number of anilines is 2. The van der Waals surface area contributed by atoms with Crippen LogP contribution in [-0.2, 0) is 4.79 Å². The highest BCUT2D eigenvalue weighted by molar-refractivity contribution is 5.92. The summed E-state index contributed by atoms with van der Waals surface area (Å²) in [6.45, 7) is 2.89. The lowest BCUT2D eigenvalue weighted by Crippen LogP contribution is -2.48. The van der Waals surface area contributed by atoms with E-state index in [1.807, 2.05) is 77.7 Å². The van der Waals surface area contributed by atoms with Gasteiger partial charge in [-0.15, -0.1) is 0 Å². The fourth-order valence-corrected chi connectivity index (χ4v) is 3.04. The maximum Gasteiger partial charge on any atom is 0.246 e. The van der Waals surface area contributed by atoms with Crippen molar-refractivity contribution in [3.05, 3.63) is 78.0 Å². The molecule has 6 heteroatoms. The molecule has 1 heterocycles. The van der Waals surface area contributed by atoms with Gasteiger partial charge in [-0.25, -0.2) is 0 Å². The predicted molar refractivity (Wildman–Crippen MR) is 114 cm³/mol. The van der Waals surface area contributed by atoms with Gasteiger partial charge in [0.05, 0.1) is 0 Å². The van der Waals surface area contributed by atoms with E-state index >= 15 is 0 Å². The Bertz CT molecular complexity index is 957. The van der Waals surface area contributed by atoms with Gasteiger partial charge in [0.2, 0.25) is 5.91 Å². The number of piperazine rings is 1. The molecule has 0 saturated carbocycles. The third kappa shape index (κ3) is 5.47. The Morgan fingerprint density at radius 2 is 1.59 bits per heavy atom. The number of nitrogens with one attached hydrogen (secondary N) is 1. The minimum absolute atomic E-state index is 0.0242. The molecule has 1 fully saturated rings. The zero-order chi connectivity index (χ0) is 20.5. The summed E-state index contributed by atoms with van der Waals surface area (Å²) >= 11 is 0. The lowest BCUT2D eigenvalue weighted by Gasteiger charge is -2.35. The van der Waals surface area contributed by atoms with Crippen molar-refractivity contribution in [2.45, 2.75) is 0 Å². The molecule has 144 valence electrons. The zero-order valence-electron chi connectivity index (χ0n) is 16.0. The molecule has 6 nitrogen and oxygen atoms in total. The average Bonchev–Trinajstić information content (AvgIpc) is 2.79. The van der Waals surface area contributed by atoms with Crippen LogP contribution in [0, 0.1) is 22.7 Å². The van der Waals surface area contributed by atoms with Gasteiger partial charge < -0.3 is 15.1 Å². The topological polar surface area (TPSA) is 83.2 Å². The largest absolute Gasteiger partial charge is 0.368 e. The Kier molecular flexibility index (Phi) is 6.65. The average molecular weight is 383 g/mol. The third-order valence-electron chi connectivity index (χ3n) is 4.67. The predicted octanol–water partition coefficient (Wildman–Crippen LogP) is 3.39. The Labute approximate surface area is 170 Å². The second-order valence-corrected chi connectivity index (χ2v) is 6.53. The first-order valence-corrected chi connectivity index (χ1v) is 9.33. The van der Waals surface area contributed by atoms with Crippen LogP contribution in [0.15, 0.2) is 72.4 Å². The number of hydrogen-bond donors (Lipinski definition) is 1. The first-order valence-electron chi connectivity index (χ1n) is 9.33. The minimum atomic E-state index is 0.0242. The number of amides is 1. The molecule has 3 rings (SSSR count). The van der Waals surface area contributed by atoms with Crippen LogP contribution in [0.4, 0.5) is 11.4 Å². The molecule has 2 aromatic rings. The lowest BCUT2D eigenvalue weighted by atomic mass is 10.2. The third-order valence-corrected chi connectivity index (χ3v) is 4.67. The van der Waals surface area contributed by atoms with E-state index in [1.54, 1.807) is 6.08 Å². The van der Waals surface area contributed by atoms with Crippen LogP contribution in [0.5, 0.6) is 0 Å². The lowest BCUT2D eigenvalue weighted by molar-refractivity contribution is -0.126. The summed E-state index contributed by atoms with van der Waals surface area (Å²) in [7, 11) is 0. The van der Waals surface area contributed by atoms with Crippen molar-refractivity contribution in [3.8, 4) is 12.1 Å². The molecule has 0 spiro atoms. The van der Waals surface area contributed by atoms with Gasteiger partial charge in [-0.05, 0) is 35.9 Å². The molecule has 1 saturated heterocycles. The fraction of sp³-hybridized carbons (Fsp3) is 0.174. The number of carbonyl (C=O) groups excluding carboxylic acids is 1. The molecule has 29 heavy (non-hydrogen) atoms. The Balaban J connectivity index is 1.52. The number of rotatable bonds is 5. The summed E-state index contributed by atoms with van der Waals surface area (Å²) in [5, 5.41) is 20.4. The quantitative estimate of drug-likeness (QED) is 0.632. The van der Waals surface area contributed by atoms with E-state index in [-0.39, 0.29) is 11.5 Å². The maximum absolute atomic E-state index is 12.4. The van der Waals surface area contributed by atoms with Crippen LogP contribution in [0.2, 0.25) is 0 Å². The molecule has 0 atom stereocenters. The fourth-order valence-electron chi connectivity index (χ4n) is 3.04. The molecule has 0 unspecified atom stereocenters. The number of allylic oxidation sites excluding steroid dienone is 1. The molecule has 1 amide bonds. The number of carbonyl (C=O) groups is 1. The van der Waals surface area contributed by atoms with E-state index < -0.39 is 0 Å². The Hall–Kier alpha value is -4.03. The van der Waals surface area contributed by atoms with Gasteiger partial charge in [0, 0.05) is 49.8 Å². The Morgan fingerprint density at radius 3 is 2.21 bits per heavy atom. The van der Waals surface area contributed by atoms with Crippen molar-refractivity contribution in [2.75, 3.05) is 36.4 Å². The van der Waals surface area contributed by atoms with Crippen molar-refractivity contribution >= 4 is 23.4 Å². The summed E-state index contributed by atoms with van der Waals surface area (Å²) in [4.78, 5) is 16.5. The molecular formula is C23H21N5O. The van der Waals surface area contributed by atoms with Crippen molar-refractivity contribution in [3.63, 3.8) is 0 Å². The number of nitriles is 2. The van der Waals surface area contributed by atoms with Crippen molar-refractivity contribution < 1.29 is 4.79 Å². The van der Waals surface area contributed by atoms with Crippen molar-refractivity contribution in [1.29, 1.82) is 10.5 Å². The van der Waals surface area contributed by atoms with E-state index in [9.17, 15) is 4.79 Å². The summed E-state index contributed by atoms with van der Waals surface area (Å²) in [6, 6.07) is 21.2. The molecule has 0 bridgehead atoms. The van der Waals surface area contributed by atoms with Crippen LogP contribution >= 0.6 is 0 Å². The van der Waals surface area contributed by atoms with E-state index in [4.69, 9.17) is 10.5 Å². The SMILES string of the molecule is N#CC(C#N)=CNc1ccc(N2CCN(C(=O)C=Cc3ccccc3)CC2)cc1. The highest BCUT2D eigenvalue weighted by Crippen LogP contribution is 2.20. The molecule has 0 aliphatic carbocycles. The molecule has 0 aromatic heterocycles. The van der Waals surface area contributed by atoms with Gasteiger partial charge in [0.1, 0.15) is 17.7 Å². The van der Waals surface area contributed by atoms with Crippen molar-refractivity contribution in [2.24, 2.45) is 0 Å². The normalized spacial score (nSPS) is 13.4. The van der Waals surface area contributed by atoms with Gasteiger partial charge in [-0.1, -0.05) is 30.3 Å². The monoisotopic (exact) mass is 383 g/mol. The van der Waals surface area contributed by atoms with Crippen LogP contribution in [0.25, 0.3) is 6.08 Å². The molecular weight excluding hydrogens is 362 g/mol. The second-order valence-electron chi connectivity index (χ2n) is 6.53. The Morgan fingerprint density at radius 1 is 0.931 bits per heavy atom. The summed E-state index contributed by atoms with van der Waals surface area (Å²) in [6.07, 6.45) is 4.87. The van der Waals surface area contributed by atoms with Crippen LogP contribution in [0.3, 0.4) is 0 Å². The summed E-state index contributed by atoms with van der Waals surface area (Å²) in [5.74, 6) is 0.0330. The molecule has 1 N–H and O–H groups in total. The van der Waals surface area contributed by atoms with E-state index in [2.05, 4.69) is 10.2 Å². The molecule has 2 aromatic carbocycles. The molecule has 1 aliphatic heterocycles. The second kappa shape index (κ2) is 9.77. The summed E-state index contributed by atoms with van der Waals surface area (Å²) < 4.78 is 0. The highest BCUT2D eigenvalue weighted by atomic mass is 16.2. The minimum Gasteiger partial charge on any atom is -0.368 e. The van der Waals surface area contributed by atoms with E-state index in [1.165, 1.54) is 6.20 Å². The standard InChI is InChI=1S/C23H21N5O/c24-16-20(17-25)18-26-21-7-9-22(10-8-21)27-12-14-28(15-13-27)23(29)11-6-19-4-2-1-3-5-19/h1-11,18,26H,12-15H2. The smallest absolute Gasteiger partial charge is 0.246 e. The number of benzene rings is 2. The van der Waals surface area contributed by atoms with Gasteiger partial charge in [0.25, 0.3) is 0 Å². The molecule has 0 radical (unpaired) electrons. The highest BCUT2D eigenvalue weighted by Gasteiger charge is 2.19. The van der Waals surface area contributed by atoms with E-state index in [0.717, 1.165) is 30.0 Å². The van der Waals surface area contributed by atoms with Gasteiger partial charge in [-0.3, -0.25) is 4.79 Å². The van der Waals surface area contributed by atoms with Gasteiger partial charge >= 0.3 is 0 Å². The first kappa shape index (κ1) is 19.7. The zero-order valence-corrected chi connectivity index (χ0v) is 16.0. The van der Waals surface area contributed by atoms with Crippen LogP contribution in [0.1, 0.15) is 5.56 Å². The van der Waals surface area contributed by atoms with Crippen LogP contribution in [-0.4, -0.2) is 37.0 Å². The van der Waals surface area contributed by atoms with Crippen molar-refractivity contribution in [1.82, 2.24) is 4.90 Å². The van der Waals surface area contributed by atoms with Gasteiger partial charge in [-0.2, -0.15) is 10.5 Å².